The summed E-state index contributed by atoms with van der Waals surface area (Å²) in [6, 6.07) is 11.2. The molecule has 2 rings (SSSR count). The molecule has 1 atom stereocenters. The van der Waals surface area contributed by atoms with Gasteiger partial charge in [-0.25, -0.2) is 8.78 Å². The highest BCUT2D eigenvalue weighted by molar-refractivity contribution is 5.47. The molecule has 2 nitrogen and oxygen atoms in total. The predicted molar refractivity (Wildman–Crippen MR) is 75.8 cm³/mol. The Bertz CT molecular complexity index is 599. The Morgan fingerprint density at radius 2 is 1.80 bits per heavy atom. The van der Waals surface area contributed by atoms with Gasteiger partial charge in [-0.3, -0.25) is 0 Å². The monoisotopic (exact) mass is 277 g/mol. The van der Waals surface area contributed by atoms with E-state index in [1.54, 1.807) is 0 Å². The van der Waals surface area contributed by atoms with Gasteiger partial charge in [-0.1, -0.05) is 18.2 Å². The van der Waals surface area contributed by atoms with Crippen LogP contribution in [0.4, 0.5) is 14.5 Å². The van der Waals surface area contributed by atoms with E-state index >= 15 is 0 Å². The molecule has 106 valence electrons. The molecule has 0 heterocycles. The van der Waals surface area contributed by atoms with Crippen molar-refractivity contribution in [2.24, 2.45) is 0 Å². The Hall–Kier alpha value is -1.94. The van der Waals surface area contributed by atoms with E-state index in [-0.39, 0.29) is 6.42 Å². The molecule has 0 saturated carbocycles. The summed E-state index contributed by atoms with van der Waals surface area (Å²) in [7, 11) is 3.84. The van der Waals surface area contributed by atoms with Crippen molar-refractivity contribution < 1.29 is 13.9 Å². The van der Waals surface area contributed by atoms with E-state index in [1.165, 1.54) is 6.07 Å². The van der Waals surface area contributed by atoms with Crippen LogP contribution in [-0.4, -0.2) is 19.2 Å². The molecular weight excluding hydrogens is 260 g/mol. The van der Waals surface area contributed by atoms with Gasteiger partial charge in [0.1, 0.15) is 0 Å². The molecule has 1 N–H and O–H groups in total. The quantitative estimate of drug-likeness (QED) is 0.927. The Morgan fingerprint density at radius 3 is 2.45 bits per heavy atom. The Morgan fingerprint density at radius 1 is 1.05 bits per heavy atom. The second kappa shape index (κ2) is 6.01. The van der Waals surface area contributed by atoms with Crippen LogP contribution >= 0.6 is 0 Å². The minimum Gasteiger partial charge on any atom is -0.388 e. The van der Waals surface area contributed by atoms with Crippen LogP contribution in [0.1, 0.15) is 17.2 Å². The minimum absolute atomic E-state index is 0.244. The van der Waals surface area contributed by atoms with Gasteiger partial charge >= 0.3 is 0 Å². The van der Waals surface area contributed by atoms with E-state index in [2.05, 4.69) is 0 Å². The third-order valence-electron chi connectivity index (χ3n) is 3.18. The Kier molecular flexibility index (Phi) is 4.35. The van der Waals surface area contributed by atoms with Gasteiger partial charge in [0.05, 0.1) is 6.10 Å². The van der Waals surface area contributed by atoms with Crippen molar-refractivity contribution >= 4 is 5.69 Å². The molecule has 0 aliphatic carbocycles. The van der Waals surface area contributed by atoms with Crippen LogP contribution in [-0.2, 0) is 6.42 Å². The lowest BCUT2D eigenvalue weighted by molar-refractivity contribution is 0.178. The van der Waals surface area contributed by atoms with Gasteiger partial charge in [-0.05, 0) is 35.4 Å². The molecule has 0 amide bonds. The highest BCUT2D eigenvalue weighted by Gasteiger charge is 2.11. The van der Waals surface area contributed by atoms with Crippen LogP contribution in [0.15, 0.2) is 42.5 Å². The topological polar surface area (TPSA) is 23.5 Å². The number of aliphatic hydroxyl groups excluding tert-OH is 1. The van der Waals surface area contributed by atoms with Gasteiger partial charge in [0.2, 0.25) is 0 Å². The second-order valence-electron chi connectivity index (χ2n) is 4.96. The number of aliphatic hydroxyl groups is 1. The largest absolute Gasteiger partial charge is 0.388 e. The zero-order valence-corrected chi connectivity index (χ0v) is 11.5. The number of nitrogens with zero attached hydrogens (tertiary/aromatic N) is 1. The minimum atomic E-state index is -0.892. The molecule has 2 aromatic carbocycles. The SMILES string of the molecule is CN(C)c1cccc(C(O)Cc2ccc(F)c(F)c2)c1. The van der Waals surface area contributed by atoms with Crippen molar-refractivity contribution in [1.82, 2.24) is 0 Å². The van der Waals surface area contributed by atoms with E-state index < -0.39 is 17.7 Å². The lowest BCUT2D eigenvalue weighted by Gasteiger charge is -2.16. The highest BCUT2D eigenvalue weighted by Crippen LogP contribution is 2.23. The molecule has 0 aliphatic heterocycles. The molecule has 2 aromatic rings. The van der Waals surface area contributed by atoms with Crippen LogP contribution in [0.25, 0.3) is 0 Å². The fraction of sp³-hybridized carbons (Fsp3) is 0.250. The van der Waals surface area contributed by atoms with Crippen molar-refractivity contribution in [3.8, 4) is 0 Å². The molecular formula is C16H17F2NO. The van der Waals surface area contributed by atoms with Crippen molar-refractivity contribution in [3.05, 3.63) is 65.2 Å². The van der Waals surface area contributed by atoms with Crippen LogP contribution in [0, 0.1) is 11.6 Å². The highest BCUT2D eigenvalue weighted by atomic mass is 19.2. The molecule has 0 fully saturated rings. The summed E-state index contributed by atoms with van der Waals surface area (Å²) in [6.07, 6.45) is -0.506. The lowest BCUT2D eigenvalue weighted by atomic mass is 10.0. The molecule has 4 heteroatoms. The lowest BCUT2D eigenvalue weighted by Crippen LogP contribution is -2.10. The summed E-state index contributed by atoms with van der Waals surface area (Å²) in [5, 5.41) is 10.2. The van der Waals surface area contributed by atoms with Crippen LogP contribution in [0.2, 0.25) is 0 Å². The number of hydrogen-bond donors (Lipinski definition) is 1. The van der Waals surface area contributed by atoms with Gasteiger partial charge in [0.25, 0.3) is 0 Å². The van der Waals surface area contributed by atoms with E-state index in [4.69, 9.17) is 0 Å². The van der Waals surface area contributed by atoms with E-state index in [0.717, 1.165) is 23.4 Å². The molecule has 0 aliphatic rings. The second-order valence-corrected chi connectivity index (χ2v) is 4.96. The molecule has 0 aromatic heterocycles. The zero-order chi connectivity index (χ0) is 14.7. The fourth-order valence-electron chi connectivity index (χ4n) is 2.02. The number of benzene rings is 2. The Labute approximate surface area is 117 Å². The number of anilines is 1. The normalized spacial score (nSPS) is 12.2. The van der Waals surface area contributed by atoms with Gasteiger partial charge in [-0.15, -0.1) is 0 Å². The summed E-state index contributed by atoms with van der Waals surface area (Å²) < 4.78 is 26.0. The van der Waals surface area contributed by atoms with Gasteiger partial charge in [0.15, 0.2) is 11.6 Å². The molecule has 0 saturated heterocycles. The smallest absolute Gasteiger partial charge is 0.159 e. The maximum absolute atomic E-state index is 13.1. The average molecular weight is 277 g/mol. The van der Waals surface area contributed by atoms with Crippen molar-refractivity contribution in [1.29, 1.82) is 0 Å². The number of hydrogen-bond acceptors (Lipinski definition) is 2. The maximum atomic E-state index is 13.1. The van der Waals surface area contributed by atoms with Gasteiger partial charge < -0.3 is 10.0 Å². The first-order chi connectivity index (χ1) is 9.47. The van der Waals surface area contributed by atoms with E-state index in [0.29, 0.717) is 5.56 Å². The van der Waals surface area contributed by atoms with Crippen LogP contribution in [0.3, 0.4) is 0 Å². The summed E-state index contributed by atoms with van der Waals surface area (Å²) in [5.41, 5.74) is 2.29. The maximum Gasteiger partial charge on any atom is 0.159 e. The Balaban J connectivity index is 2.17. The van der Waals surface area contributed by atoms with Gasteiger partial charge in [0, 0.05) is 26.2 Å². The third-order valence-corrected chi connectivity index (χ3v) is 3.18. The number of rotatable bonds is 4. The van der Waals surface area contributed by atoms with Crippen LogP contribution < -0.4 is 4.90 Å². The summed E-state index contributed by atoms with van der Waals surface area (Å²) >= 11 is 0. The first-order valence-electron chi connectivity index (χ1n) is 6.36. The summed E-state index contributed by atoms with van der Waals surface area (Å²) in [5.74, 6) is -1.77. The van der Waals surface area contributed by atoms with Crippen molar-refractivity contribution in [3.63, 3.8) is 0 Å². The third kappa shape index (κ3) is 3.33. The molecule has 20 heavy (non-hydrogen) atoms. The molecule has 0 bridgehead atoms. The fourth-order valence-corrected chi connectivity index (χ4v) is 2.02. The van der Waals surface area contributed by atoms with Crippen molar-refractivity contribution in [2.75, 3.05) is 19.0 Å². The zero-order valence-electron chi connectivity index (χ0n) is 11.5. The first kappa shape index (κ1) is 14.5. The van der Waals surface area contributed by atoms with E-state index in [1.807, 2.05) is 43.3 Å². The van der Waals surface area contributed by atoms with E-state index in [9.17, 15) is 13.9 Å². The van der Waals surface area contributed by atoms with Crippen LogP contribution in [0.5, 0.6) is 0 Å². The number of halogens is 2. The average Bonchev–Trinajstić information content (AvgIpc) is 2.43. The van der Waals surface area contributed by atoms with Gasteiger partial charge in [-0.2, -0.15) is 0 Å². The molecule has 1 unspecified atom stereocenters. The molecule has 0 radical (unpaired) electrons. The summed E-state index contributed by atoms with van der Waals surface area (Å²) in [4.78, 5) is 1.94. The molecule has 0 spiro atoms. The first-order valence-corrected chi connectivity index (χ1v) is 6.36. The van der Waals surface area contributed by atoms with Crippen molar-refractivity contribution in [2.45, 2.75) is 12.5 Å². The summed E-state index contributed by atoms with van der Waals surface area (Å²) in [6.45, 7) is 0. The standard InChI is InChI=1S/C16H17F2NO/c1-19(2)13-5-3-4-12(10-13)16(20)9-11-6-7-14(17)15(18)8-11/h3-8,10,16,20H,9H2,1-2H3. The predicted octanol–water partition coefficient (Wildman–Crippen LogP) is 3.31.